The first kappa shape index (κ1) is 21.1. The average Bonchev–Trinajstić information content (AvgIpc) is 3.46. The lowest BCUT2D eigenvalue weighted by atomic mass is 9.99. The molecule has 0 amide bonds. The Hall–Kier alpha value is -5.16. The van der Waals surface area contributed by atoms with Gasteiger partial charge >= 0.3 is 34.7 Å². The van der Waals surface area contributed by atoms with Gasteiger partial charge in [0, 0.05) is 0 Å². The summed E-state index contributed by atoms with van der Waals surface area (Å²) in [4.78, 5) is 0. The third kappa shape index (κ3) is 3.71. The van der Waals surface area contributed by atoms with Crippen molar-refractivity contribution in [2.24, 2.45) is 52.3 Å². The lowest BCUT2D eigenvalue weighted by molar-refractivity contribution is -0.730. The van der Waals surface area contributed by atoms with E-state index in [1.54, 1.807) is 39.3 Å². The largest absolute Gasteiger partial charge is 0.775 e. The van der Waals surface area contributed by atoms with Crippen molar-refractivity contribution in [1.82, 2.24) is 15.8 Å². The van der Waals surface area contributed by atoms with E-state index in [2.05, 4.69) is 47.0 Å². The van der Waals surface area contributed by atoms with Crippen LogP contribution in [0, 0.1) is 15.6 Å². The van der Waals surface area contributed by atoms with Crippen LogP contribution in [0.5, 0.6) is 0 Å². The molecule has 1 aromatic carbocycles. The molecule has 33 heavy (non-hydrogen) atoms. The number of aromatic nitrogens is 6. The van der Waals surface area contributed by atoms with Gasteiger partial charge in [-0.25, -0.2) is 15.8 Å². The molecule has 0 aliphatic carbocycles. The Balaban J connectivity index is 2.06. The molecule has 0 saturated carbocycles. The van der Waals surface area contributed by atoms with Crippen LogP contribution >= 0.6 is 0 Å². The van der Waals surface area contributed by atoms with Gasteiger partial charge in [-0.15, -0.1) is 15.3 Å². The highest BCUT2D eigenvalue weighted by molar-refractivity contribution is 5.81. The van der Waals surface area contributed by atoms with Crippen LogP contribution < -0.4 is 14.0 Å². The van der Waals surface area contributed by atoms with Crippen LogP contribution in [-0.4, -0.2) is 15.8 Å². The Morgan fingerprint density at radius 1 is 0.576 bits per heavy atom. The third-order valence-electron chi connectivity index (χ3n) is 4.48. The van der Waals surface area contributed by atoms with Crippen LogP contribution in [0.3, 0.4) is 0 Å². The van der Waals surface area contributed by atoms with Crippen molar-refractivity contribution in [3.05, 3.63) is 33.8 Å². The highest BCUT2D eigenvalue weighted by Gasteiger charge is 2.32. The van der Waals surface area contributed by atoms with E-state index in [0.717, 1.165) is 0 Å². The number of aryl methyl sites for hydroxylation is 3. The summed E-state index contributed by atoms with van der Waals surface area (Å²) in [6.07, 6.45) is 0. The molecule has 0 atom stereocenters. The van der Waals surface area contributed by atoms with Gasteiger partial charge in [0.1, 0.15) is 0 Å². The fraction of sp³-hybridized carbons (Fsp3) is 0.200. The van der Waals surface area contributed by atoms with Gasteiger partial charge in [-0.1, -0.05) is 0 Å². The average molecular weight is 456 g/mol. The fourth-order valence-electron chi connectivity index (χ4n) is 3.24. The van der Waals surface area contributed by atoms with E-state index in [1.807, 2.05) is 0 Å². The third-order valence-corrected chi connectivity index (χ3v) is 4.48. The van der Waals surface area contributed by atoms with Crippen LogP contribution in [0.4, 0.5) is 17.7 Å². The summed E-state index contributed by atoms with van der Waals surface area (Å²) >= 11 is 0. The summed E-state index contributed by atoms with van der Waals surface area (Å²) in [7, 11) is 4.67. The molecule has 3 heterocycles. The normalized spacial score (nSPS) is 12.1. The van der Waals surface area contributed by atoms with E-state index in [1.165, 1.54) is 14.0 Å². The van der Waals surface area contributed by atoms with Crippen LogP contribution in [0.2, 0.25) is 0 Å². The second-order valence-electron chi connectivity index (χ2n) is 6.39. The summed E-state index contributed by atoms with van der Waals surface area (Å²) in [5.41, 5.74) is 2.09. The molecule has 168 valence electrons. The van der Waals surface area contributed by atoms with Crippen molar-refractivity contribution in [1.29, 1.82) is 0 Å². The van der Waals surface area contributed by atoms with Crippen LogP contribution in [0.1, 0.15) is 0 Å². The highest BCUT2D eigenvalue weighted by atomic mass is 16.5. The number of nitrogens with zero attached hydrogens (tertiary/aromatic N) is 12. The SMILES string of the molecule is C[n+]1noc(/N=N\[O-])c1-c1cc(-c2c(/N=N\[O-])on[n+]2C)cc(-c2c(/N=N\[O-])on[n+]2C)c1. The maximum Gasteiger partial charge on any atom is 0.347 e. The van der Waals surface area contributed by atoms with Gasteiger partial charge in [0.2, 0.25) is 15.8 Å². The smallest absolute Gasteiger partial charge is 0.347 e. The molecule has 0 fully saturated rings. The predicted octanol–water partition coefficient (Wildman–Crippen LogP) is 1.87. The highest BCUT2D eigenvalue weighted by Crippen LogP contribution is 2.38. The lowest BCUT2D eigenvalue weighted by Gasteiger charge is -2.02. The van der Waals surface area contributed by atoms with Gasteiger partial charge in [0.25, 0.3) is 0 Å². The van der Waals surface area contributed by atoms with Gasteiger partial charge in [0.05, 0.1) is 16.7 Å². The predicted molar refractivity (Wildman–Crippen MR) is 100 cm³/mol. The Labute approximate surface area is 181 Å². The first-order chi connectivity index (χ1) is 16.0. The summed E-state index contributed by atoms with van der Waals surface area (Å²) < 4.78 is 19.1. The minimum atomic E-state index is -0.168. The van der Waals surface area contributed by atoms with Gasteiger partial charge in [-0.05, 0) is 32.2 Å². The van der Waals surface area contributed by atoms with E-state index in [9.17, 15) is 15.6 Å². The van der Waals surface area contributed by atoms with Crippen LogP contribution in [0.25, 0.3) is 33.8 Å². The van der Waals surface area contributed by atoms with E-state index in [0.29, 0.717) is 16.7 Å². The molecule has 0 bridgehead atoms. The molecule has 18 nitrogen and oxygen atoms in total. The van der Waals surface area contributed by atoms with E-state index >= 15 is 0 Å². The van der Waals surface area contributed by atoms with Crippen molar-refractivity contribution in [2.45, 2.75) is 0 Å². The van der Waals surface area contributed by atoms with Crippen molar-refractivity contribution in [3.63, 3.8) is 0 Å². The monoisotopic (exact) mass is 456 g/mol. The maximum absolute atomic E-state index is 10.7. The Bertz CT molecular complexity index is 1220. The molecule has 0 saturated heterocycles. The number of hydrogen-bond acceptors (Lipinski definition) is 15. The Kier molecular flexibility index (Phi) is 5.45. The van der Waals surface area contributed by atoms with Gasteiger partial charge < -0.3 is 15.6 Å². The topological polar surface area (TPSA) is 233 Å². The molecule has 0 radical (unpaired) electrons. The molecule has 0 aliphatic rings. The molecule has 0 unspecified atom stereocenters. The summed E-state index contributed by atoms with van der Waals surface area (Å²) in [6.45, 7) is 0. The van der Waals surface area contributed by atoms with Crippen LogP contribution in [0.15, 0.2) is 62.9 Å². The number of hydrogen-bond donors (Lipinski definition) is 0. The molecule has 0 N–H and O–H groups in total. The Morgan fingerprint density at radius 2 is 0.848 bits per heavy atom. The standard InChI is InChI=1S/C15H12N12O6/c1-25-10(13(16-19-28)31-22-25)7-4-8(11-14(17-20-29)32-23-26(11)2)6-9(5-7)12-15(18-21-30)33-24-27(12)3/h4-6H,1-3H3. The molecule has 4 rings (SSSR count). The van der Waals surface area contributed by atoms with Crippen molar-refractivity contribution >= 4 is 17.7 Å². The summed E-state index contributed by atoms with van der Waals surface area (Å²) in [5, 5.41) is 61.2. The minimum Gasteiger partial charge on any atom is -0.775 e. The Morgan fingerprint density at radius 3 is 1.09 bits per heavy atom. The van der Waals surface area contributed by atoms with Crippen LogP contribution in [-0.2, 0) is 21.1 Å². The first-order valence-electron chi connectivity index (χ1n) is 8.82. The molecule has 3 aromatic heterocycles. The van der Waals surface area contributed by atoms with Gasteiger partial charge in [0.15, 0.2) is 21.1 Å². The van der Waals surface area contributed by atoms with E-state index in [-0.39, 0.29) is 34.7 Å². The lowest BCUT2D eigenvalue weighted by Crippen LogP contribution is -2.33. The zero-order valence-electron chi connectivity index (χ0n) is 17.0. The number of rotatable bonds is 6. The van der Waals surface area contributed by atoms with Gasteiger partial charge in [-0.2, -0.15) is 0 Å². The molecular formula is C15H12N12O6. The van der Waals surface area contributed by atoms with Crippen molar-refractivity contribution in [2.75, 3.05) is 0 Å². The summed E-state index contributed by atoms with van der Waals surface area (Å²) in [5.74, 6) is -0.503. The maximum atomic E-state index is 10.7. The van der Waals surface area contributed by atoms with E-state index < -0.39 is 0 Å². The second kappa shape index (κ2) is 8.53. The zero-order chi connectivity index (χ0) is 23.5. The minimum absolute atomic E-state index is 0.168. The molecule has 0 spiro atoms. The number of benzene rings is 1. The molecular weight excluding hydrogens is 444 g/mol. The van der Waals surface area contributed by atoms with Crippen molar-refractivity contribution < 1.29 is 27.6 Å². The van der Waals surface area contributed by atoms with Gasteiger partial charge in [-0.3, -0.25) is 13.6 Å². The van der Waals surface area contributed by atoms with E-state index in [4.69, 9.17) is 13.6 Å². The summed E-state index contributed by atoms with van der Waals surface area (Å²) in [6, 6.07) is 4.91. The molecule has 4 aromatic rings. The quantitative estimate of drug-likeness (QED) is 0.233. The van der Waals surface area contributed by atoms with Crippen molar-refractivity contribution in [3.8, 4) is 33.8 Å². The zero-order valence-corrected chi connectivity index (χ0v) is 17.0. The molecule has 18 heteroatoms. The second-order valence-corrected chi connectivity index (χ2v) is 6.39. The first-order valence-corrected chi connectivity index (χ1v) is 8.82. The fourth-order valence-corrected chi connectivity index (χ4v) is 3.24. The molecule has 0 aliphatic heterocycles.